The van der Waals surface area contributed by atoms with E-state index in [0.29, 0.717) is 12.8 Å². The van der Waals surface area contributed by atoms with Gasteiger partial charge in [0.1, 0.15) is 66.5 Å². The fraction of sp³-hybridized carbons (Fsp3) is 0.791. The number of amides is 11. The number of unbranched alkanes of at least 4 members (excludes halogenated alkanes) is 1. The lowest BCUT2D eigenvalue weighted by molar-refractivity contribution is -0.157. The fourth-order valence-electron chi connectivity index (χ4n) is 11.8. The van der Waals surface area contributed by atoms with E-state index < -0.39 is 174 Å². The minimum Gasteiger partial charge on any atom is -0.466 e. The van der Waals surface area contributed by atoms with Crippen LogP contribution >= 0.6 is 0 Å². The predicted molar refractivity (Wildman–Crippen MR) is 356 cm³/mol. The third kappa shape index (κ3) is 23.9. The summed E-state index contributed by atoms with van der Waals surface area (Å²) in [5.74, 6) is -11.7. The van der Waals surface area contributed by atoms with E-state index in [1.807, 2.05) is 41.5 Å². The third-order valence-electron chi connectivity index (χ3n) is 17.3. The Labute approximate surface area is 559 Å². The Morgan fingerprint density at radius 2 is 0.957 bits per heavy atom. The van der Waals surface area contributed by atoms with Gasteiger partial charge in [0.2, 0.25) is 65.0 Å². The standard InChI is InChI=1S/C67H119N11O16/c1-25-30-42(14)56(81)55-60(85)70-47(26-2)62(87)78(27-3)51(36-79)65(90)76(23)54(45(17)93-31-28-29-32-94-46(18)80)59(84)71-52(40(10)11)66(91)72(19)48(33-37(4)5)58(83)68-43(15)57(82)69-44(16)61(86)73(20)49(34-38(6)7)63(88)74(21)50(35-39(8)9)64(89)75(22)53(41(12)13)67(92)77(55)24/h25,30,37-45,47-56,79,81H,26-29,31-36H2,1-24H3,(H,68,83)(H,69,82)(H,70,85)(H,71,84)/b30-25+/t42-,43+,44-,45-,47+,48+,49+,50+,51-,52+,53+,54?,55+,56-/m1/s1. The summed E-state index contributed by atoms with van der Waals surface area (Å²) < 4.78 is 11.2. The lowest BCUT2D eigenvalue weighted by Crippen LogP contribution is -2.65. The second kappa shape index (κ2) is 40.0. The Morgan fingerprint density at radius 1 is 0.511 bits per heavy atom. The lowest BCUT2D eigenvalue weighted by atomic mass is 9.93. The van der Waals surface area contributed by atoms with Gasteiger partial charge >= 0.3 is 5.97 Å². The first-order valence-electron chi connectivity index (χ1n) is 33.4. The van der Waals surface area contributed by atoms with E-state index in [2.05, 4.69) is 21.3 Å². The van der Waals surface area contributed by atoms with Gasteiger partial charge in [-0.3, -0.25) is 57.5 Å². The van der Waals surface area contributed by atoms with Gasteiger partial charge in [-0.05, 0) is 103 Å². The summed E-state index contributed by atoms with van der Waals surface area (Å²) in [6.45, 7) is 28.7. The molecule has 1 saturated heterocycles. The molecule has 0 radical (unpaired) electrons. The summed E-state index contributed by atoms with van der Waals surface area (Å²) in [6.07, 6.45) is 1.45. The number of aliphatic hydroxyl groups excluding tert-OH is 2. The fourth-order valence-corrected chi connectivity index (χ4v) is 11.8. The van der Waals surface area contributed by atoms with Gasteiger partial charge in [0.25, 0.3) is 0 Å². The third-order valence-corrected chi connectivity index (χ3v) is 17.3. The molecule has 0 aromatic rings. The Balaban J connectivity index is 4.51. The largest absolute Gasteiger partial charge is 0.466 e. The molecule has 0 aliphatic carbocycles. The highest BCUT2D eigenvalue weighted by atomic mass is 16.5. The maximum absolute atomic E-state index is 15.2. The van der Waals surface area contributed by atoms with Gasteiger partial charge in [0.05, 0.1) is 25.4 Å². The number of ether oxygens (including phenoxy) is 2. The van der Waals surface area contributed by atoms with Crippen LogP contribution in [0.4, 0.5) is 0 Å². The number of carbonyl (C=O) groups excluding carboxylic acids is 12. The molecule has 1 aliphatic rings. The number of rotatable bonds is 21. The highest BCUT2D eigenvalue weighted by Gasteiger charge is 2.47. The summed E-state index contributed by atoms with van der Waals surface area (Å²) in [5, 5.41) is 34.1. The van der Waals surface area contributed by atoms with Crippen LogP contribution < -0.4 is 21.3 Å². The van der Waals surface area contributed by atoms with Crippen LogP contribution in [-0.4, -0.2) is 263 Å². The molecule has 14 atom stereocenters. The van der Waals surface area contributed by atoms with Crippen molar-refractivity contribution < 1.29 is 77.2 Å². The molecular weight excluding hydrogens is 1210 g/mol. The van der Waals surface area contributed by atoms with E-state index in [0.717, 1.165) is 14.7 Å². The van der Waals surface area contributed by atoms with Crippen molar-refractivity contribution in [3.8, 4) is 0 Å². The van der Waals surface area contributed by atoms with E-state index >= 15 is 28.8 Å². The molecule has 538 valence electrons. The van der Waals surface area contributed by atoms with Crippen LogP contribution in [0.5, 0.6) is 0 Å². The normalized spacial score (nSPS) is 26.5. The van der Waals surface area contributed by atoms with Crippen LogP contribution in [0.2, 0.25) is 0 Å². The summed E-state index contributed by atoms with van der Waals surface area (Å²) in [4.78, 5) is 183. The number of esters is 1. The van der Waals surface area contributed by atoms with Crippen LogP contribution in [0.1, 0.15) is 163 Å². The topological polar surface area (TPSA) is 335 Å². The average molecular weight is 1330 g/mol. The summed E-state index contributed by atoms with van der Waals surface area (Å²) in [7, 11) is 8.21. The van der Waals surface area contributed by atoms with Crippen LogP contribution in [0, 0.1) is 35.5 Å². The summed E-state index contributed by atoms with van der Waals surface area (Å²) in [5.41, 5.74) is 0. The molecule has 1 rings (SSSR count). The van der Waals surface area contributed by atoms with Crippen molar-refractivity contribution in [3.63, 3.8) is 0 Å². The van der Waals surface area contributed by atoms with Gasteiger partial charge in [-0.1, -0.05) is 95.2 Å². The molecule has 1 aliphatic heterocycles. The smallest absolute Gasteiger partial charge is 0.302 e. The van der Waals surface area contributed by atoms with Gasteiger partial charge < -0.3 is 75.3 Å². The number of aliphatic hydroxyl groups is 2. The summed E-state index contributed by atoms with van der Waals surface area (Å²) in [6, 6.07) is -15.3. The highest BCUT2D eigenvalue weighted by molar-refractivity contribution is 6.00. The molecule has 0 aromatic heterocycles. The van der Waals surface area contributed by atoms with Crippen molar-refractivity contribution in [1.82, 2.24) is 55.6 Å². The maximum atomic E-state index is 15.2. The molecule has 1 unspecified atom stereocenters. The number of nitrogens with zero attached hydrogens (tertiary/aromatic N) is 7. The number of hydrogen-bond donors (Lipinski definition) is 6. The van der Waals surface area contributed by atoms with Gasteiger partial charge in [-0.2, -0.15) is 0 Å². The van der Waals surface area contributed by atoms with Crippen molar-refractivity contribution in [2.24, 2.45) is 35.5 Å². The van der Waals surface area contributed by atoms with Crippen LogP contribution in [-0.2, 0) is 67.0 Å². The van der Waals surface area contributed by atoms with E-state index in [9.17, 15) is 39.0 Å². The SMILES string of the molecule is C/C=C/[C@@H](C)[C@@H](O)[C@H]1C(=O)N[C@@H](CC)C(=O)N(CC)[C@H](CO)C(=O)N(C)C([C@@H](C)OCCCCOC(C)=O)C(=O)N[C@@H](C(C)C)C(=O)N(C)[C@@H](CC(C)C)C(=O)N[C@@H](C)C(=O)N[C@H](C)C(=O)N(C)[C@@H](CC(C)C)C(=O)N(C)[C@@H](CC(C)C)C(=O)N(C)[C@@H](C(C)C)C(=O)N1C. The highest BCUT2D eigenvalue weighted by Crippen LogP contribution is 2.26. The Bertz CT molecular complexity index is 2580. The molecule has 1 heterocycles. The lowest BCUT2D eigenvalue weighted by Gasteiger charge is -2.41. The Kier molecular flexibility index (Phi) is 36.3. The van der Waals surface area contributed by atoms with E-state index in [4.69, 9.17) is 9.47 Å². The minimum atomic E-state index is -1.72. The van der Waals surface area contributed by atoms with Crippen molar-refractivity contribution >= 4 is 70.9 Å². The number of nitrogens with one attached hydrogen (secondary N) is 4. The Hall–Kier alpha value is -6.74. The second-order valence-electron chi connectivity index (χ2n) is 27.2. The van der Waals surface area contributed by atoms with Crippen molar-refractivity contribution in [2.45, 2.75) is 242 Å². The van der Waals surface area contributed by atoms with Crippen molar-refractivity contribution in [3.05, 3.63) is 12.2 Å². The monoisotopic (exact) mass is 1330 g/mol. The Morgan fingerprint density at radius 3 is 1.43 bits per heavy atom. The zero-order valence-corrected chi connectivity index (χ0v) is 60.9. The first-order valence-corrected chi connectivity index (χ1v) is 33.4. The number of hydrogen-bond acceptors (Lipinski definition) is 16. The molecule has 0 saturated carbocycles. The number of carbonyl (C=O) groups is 12. The molecule has 94 heavy (non-hydrogen) atoms. The molecule has 27 nitrogen and oxygen atoms in total. The van der Waals surface area contributed by atoms with Crippen LogP contribution in [0.15, 0.2) is 12.2 Å². The molecule has 0 bridgehead atoms. The van der Waals surface area contributed by atoms with Crippen LogP contribution in [0.3, 0.4) is 0 Å². The number of allylic oxidation sites excluding steroid dienone is 1. The molecule has 0 aromatic carbocycles. The molecule has 1 fully saturated rings. The molecule has 6 N–H and O–H groups in total. The van der Waals surface area contributed by atoms with Crippen molar-refractivity contribution in [2.75, 3.05) is 68.7 Å². The summed E-state index contributed by atoms with van der Waals surface area (Å²) >= 11 is 0. The molecule has 27 heteroatoms. The molecule has 0 spiro atoms. The molecule has 11 amide bonds. The van der Waals surface area contributed by atoms with Crippen LogP contribution in [0.25, 0.3) is 0 Å². The molecular formula is C67H119N11O16. The first-order chi connectivity index (χ1) is 43.6. The van der Waals surface area contributed by atoms with Gasteiger partial charge in [-0.25, -0.2) is 0 Å². The van der Waals surface area contributed by atoms with E-state index in [1.54, 1.807) is 60.6 Å². The average Bonchev–Trinajstić information content (AvgIpc) is 0.809. The minimum absolute atomic E-state index is 0.00613. The quantitative estimate of drug-likeness (QED) is 0.0546. The zero-order valence-electron chi connectivity index (χ0n) is 60.9. The number of likely N-dealkylation sites (N-methyl/N-ethyl adjacent to an activating group) is 7. The van der Waals surface area contributed by atoms with Gasteiger partial charge in [0.15, 0.2) is 0 Å². The van der Waals surface area contributed by atoms with E-state index in [1.165, 1.54) is 96.5 Å². The van der Waals surface area contributed by atoms with Gasteiger partial charge in [-0.15, -0.1) is 0 Å². The van der Waals surface area contributed by atoms with Gasteiger partial charge in [0, 0.05) is 68.3 Å². The van der Waals surface area contributed by atoms with E-state index in [-0.39, 0.29) is 63.2 Å². The first kappa shape index (κ1) is 85.3. The predicted octanol–water partition coefficient (Wildman–Crippen LogP) is 2.33. The van der Waals surface area contributed by atoms with Crippen molar-refractivity contribution in [1.29, 1.82) is 0 Å². The maximum Gasteiger partial charge on any atom is 0.302 e. The second-order valence-corrected chi connectivity index (χ2v) is 27.2. The zero-order chi connectivity index (χ0) is 72.7.